The molecule has 2 aliphatic heterocycles. The molecule has 0 aliphatic carbocycles. The Kier molecular flexibility index (Phi) is 3.99. The number of thioether (sulfide) groups is 1. The van der Waals surface area contributed by atoms with E-state index in [4.69, 9.17) is 9.47 Å². The molecule has 0 saturated carbocycles. The molecule has 1 aromatic rings. The van der Waals surface area contributed by atoms with Crippen LogP contribution in [0.5, 0.6) is 5.75 Å². The van der Waals surface area contributed by atoms with Crippen molar-refractivity contribution in [2.24, 2.45) is 0 Å². The Hall–Kier alpha value is -1.13. The SMILES string of the molecule is CNC(C1=CCCCO1)C1CSc2ccccc2O1. The fraction of sp³-hybridized carbons (Fsp3) is 0.467. The van der Waals surface area contributed by atoms with E-state index in [0.717, 1.165) is 36.7 Å². The Labute approximate surface area is 118 Å². The van der Waals surface area contributed by atoms with Crippen molar-refractivity contribution < 1.29 is 9.47 Å². The third-order valence-electron chi connectivity index (χ3n) is 3.48. The summed E-state index contributed by atoms with van der Waals surface area (Å²) in [6.45, 7) is 0.820. The molecule has 2 atom stereocenters. The van der Waals surface area contributed by atoms with Gasteiger partial charge in [0.2, 0.25) is 0 Å². The molecule has 3 nitrogen and oxygen atoms in total. The predicted octanol–water partition coefficient (Wildman–Crippen LogP) is 2.82. The lowest BCUT2D eigenvalue weighted by atomic mass is 10.1. The Balaban J connectivity index is 1.77. The van der Waals surface area contributed by atoms with E-state index in [1.807, 2.05) is 30.9 Å². The molecule has 3 rings (SSSR count). The molecule has 0 amide bonds. The number of allylic oxidation sites excluding steroid dienone is 1. The minimum absolute atomic E-state index is 0.120. The number of ether oxygens (including phenoxy) is 2. The molecule has 1 N–H and O–H groups in total. The highest BCUT2D eigenvalue weighted by Gasteiger charge is 2.31. The van der Waals surface area contributed by atoms with Gasteiger partial charge in [0.15, 0.2) is 0 Å². The molecular formula is C15H19NO2S. The van der Waals surface area contributed by atoms with Crippen molar-refractivity contribution in [3.63, 3.8) is 0 Å². The molecule has 2 aliphatic rings. The van der Waals surface area contributed by atoms with Crippen LogP contribution in [-0.4, -0.2) is 31.6 Å². The third-order valence-corrected chi connectivity index (χ3v) is 4.63. The number of benzene rings is 1. The van der Waals surface area contributed by atoms with Crippen LogP contribution >= 0.6 is 11.8 Å². The van der Waals surface area contributed by atoms with Gasteiger partial charge in [-0.15, -0.1) is 11.8 Å². The fourth-order valence-corrected chi connectivity index (χ4v) is 3.54. The van der Waals surface area contributed by atoms with Gasteiger partial charge in [0.1, 0.15) is 23.7 Å². The van der Waals surface area contributed by atoms with Crippen LogP contribution in [0.25, 0.3) is 0 Å². The molecule has 0 fully saturated rings. The summed E-state index contributed by atoms with van der Waals surface area (Å²) in [4.78, 5) is 1.23. The summed E-state index contributed by atoms with van der Waals surface area (Å²) < 4.78 is 11.9. The molecule has 0 saturated heterocycles. The zero-order valence-corrected chi connectivity index (χ0v) is 11.9. The maximum atomic E-state index is 6.13. The van der Waals surface area contributed by atoms with Gasteiger partial charge in [-0.3, -0.25) is 0 Å². The number of fused-ring (bicyclic) bond motifs is 1. The van der Waals surface area contributed by atoms with E-state index in [-0.39, 0.29) is 12.1 Å². The molecule has 102 valence electrons. The monoisotopic (exact) mass is 277 g/mol. The van der Waals surface area contributed by atoms with Crippen LogP contribution in [0.2, 0.25) is 0 Å². The van der Waals surface area contributed by atoms with Gasteiger partial charge in [-0.05, 0) is 38.1 Å². The predicted molar refractivity (Wildman–Crippen MR) is 77.7 cm³/mol. The lowest BCUT2D eigenvalue weighted by Crippen LogP contribution is -2.46. The zero-order chi connectivity index (χ0) is 13.1. The van der Waals surface area contributed by atoms with E-state index in [1.165, 1.54) is 4.90 Å². The first kappa shape index (κ1) is 12.9. The van der Waals surface area contributed by atoms with Crippen molar-refractivity contribution in [1.29, 1.82) is 0 Å². The van der Waals surface area contributed by atoms with Gasteiger partial charge in [-0.2, -0.15) is 0 Å². The first-order chi connectivity index (χ1) is 9.38. The first-order valence-electron chi connectivity index (χ1n) is 6.77. The molecule has 2 heterocycles. The van der Waals surface area contributed by atoms with E-state index in [2.05, 4.69) is 23.5 Å². The van der Waals surface area contributed by atoms with Gasteiger partial charge in [0, 0.05) is 10.6 Å². The molecular weight excluding hydrogens is 258 g/mol. The zero-order valence-electron chi connectivity index (χ0n) is 11.1. The Morgan fingerprint density at radius 2 is 2.26 bits per heavy atom. The van der Waals surface area contributed by atoms with Gasteiger partial charge in [-0.25, -0.2) is 0 Å². The largest absolute Gasteiger partial charge is 0.496 e. The second-order valence-corrected chi connectivity index (χ2v) is 5.84. The van der Waals surface area contributed by atoms with Crippen LogP contribution in [-0.2, 0) is 4.74 Å². The number of likely N-dealkylation sites (N-methyl/N-ethyl adjacent to an activating group) is 1. The lowest BCUT2D eigenvalue weighted by Gasteiger charge is -2.33. The summed E-state index contributed by atoms with van der Waals surface area (Å²) in [7, 11) is 1.97. The van der Waals surface area contributed by atoms with E-state index >= 15 is 0 Å². The number of hydrogen-bond acceptors (Lipinski definition) is 4. The van der Waals surface area contributed by atoms with E-state index in [0.29, 0.717) is 0 Å². The highest BCUT2D eigenvalue weighted by atomic mass is 32.2. The van der Waals surface area contributed by atoms with Crippen molar-refractivity contribution in [2.75, 3.05) is 19.4 Å². The van der Waals surface area contributed by atoms with Crippen molar-refractivity contribution in [3.05, 3.63) is 36.1 Å². The highest BCUT2D eigenvalue weighted by molar-refractivity contribution is 7.99. The standard InChI is InChI=1S/C15H19NO2S/c1-16-15(12-7-4-5-9-17-12)13-10-19-14-8-3-2-6-11(14)18-13/h2-3,6-8,13,15-16H,4-5,9-10H2,1H3. The van der Waals surface area contributed by atoms with Crippen LogP contribution in [0, 0.1) is 0 Å². The molecule has 0 radical (unpaired) electrons. The van der Waals surface area contributed by atoms with Crippen molar-refractivity contribution >= 4 is 11.8 Å². The average molecular weight is 277 g/mol. The second-order valence-electron chi connectivity index (χ2n) is 4.78. The molecule has 1 aromatic carbocycles. The van der Waals surface area contributed by atoms with E-state index in [1.54, 1.807) is 0 Å². The van der Waals surface area contributed by atoms with Crippen LogP contribution < -0.4 is 10.1 Å². The van der Waals surface area contributed by atoms with Crippen LogP contribution in [0.3, 0.4) is 0 Å². The summed E-state index contributed by atoms with van der Waals surface area (Å²) in [6.07, 6.45) is 4.53. The Bertz CT molecular complexity index is 475. The van der Waals surface area contributed by atoms with E-state index < -0.39 is 0 Å². The molecule has 0 bridgehead atoms. The minimum Gasteiger partial charge on any atom is -0.496 e. The minimum atomic E-state index is 0.120. The highest BCUT2D eigenvalue weighted by Crippen LogP contribution is 2.36. The van der Waals surface area contributed by atoms with Gasteiger partial charge >= 0.3 is 0 Å². The number of hydrogen-bond donors (Lipinski definition) is 1. The smallest absolute Gasteiger partial charge is 0.133 e. The number of para-hydroxylation sites is 1. The van der Waals surface area contributed by atoms with Crippen LogP contribution in [0.1, 0.15) is 12.8 Å². The maximum Gasteiger partial charge on any atom is 0.133 e. The van der Waals surface area contributed by atoms with Crippen molar-refractivity contribution in [1.82, 2.24) is 5.32 Å². The van der Waals surface area contributed by atoms with Gasteiger partial charge in [0.05, 0.1) is 6.61 Å². The number of rotatable bonds is 3. The lowest BCUT2D eigenvalue weighted by molar-refractivity contribution is 0.114. The first-order valence-corrected chi connectivity index (χ1v) is 7.75. The van der Waals surface area contributed by atoms with Gasteiger partial charge < -0.3 is 14.8 Å². The van der Waals surface area contributed by atoms with Gasteiger partial charge in [-0.1, -0.05) is 12.1 Å². The third kappa shape index (κ3) is 2.74. The molecule has 19 heavy (non-hydrogen) atoms. The summed E-state index contributed by atoms with van der Waals surface area (Å²) in [6, 6.07) is 8.36. The normalized spacial score (nSPS) is 23.6. The molecule has 2 unspecified atom stereocenters. The topological polar surface area (TPSA) is 30.5 Å². The Morgan fingerprint density at radius 1 is 1.37 bits per heavy atom. The molecule has 4 heteroatoms. The van der Waals surface area contributed by atoms with Crippen molar-refractivity contribution in [3.8, 4) is 5.75 Å². The number of nitrogens with one attached hydrogen (secondary N) is 1. The fourth-order valence-electron chi connectivity index (χ4n) is 2.50. The summed E-state index contributed by atoms with van der Waals surface area (Å²) >= 11 is 1.86. The Morgan fingerprint density at radius 3 is 3.05 bits per heavy atom. The second kappa shape index (κ2) is 5.88. The maximum absolute atomic E-state index is 6.13. The quantitative estimate of drug-likeness (QED) is 0.920. The molecule has 0 aromatic heterocycles. The van der Waals surface area contributed by atoms with E-state index in [9.17, 15) is 0 Å². The average Bonchev–Trinajstić information content (AvgIpc) is 2.49. The van der Waals surface area contributed by atoms with Crippen molar-refractivity contribution in [2.45, 2.75) is 29.9 Å². The molecule has 0 spiro atoms. The summed E-state index contributed by atoms with van der Waals surface area (Å²) in [5.74, 6) is 2.97. The van der Waals surface area contributed by atoms with Crippen LogP contribution in [0.4, 0.5) is 0 Å². The van der Waals surface area contributed by atoms with Gasteiger partial charge in [0.25, 0.3) is 0 Å². The summed E-state index contributed by atoms with van der Waals surface area (Å²) in [5, 5.41) is 3.34. The summed E-state index contributed by atoms with van der Waals surface area (Å²) in [5.41, 5.74) is 0. The van der Waals surface area contributed by atoms with Crippen LogP contribution in [0.15, 0.2) is 41.0 Å².